The second-order valence-corrected chi connectivity index (χ2v) is 12.5. The lowest BCUT2D eigenvalue weighted by Crippen LogP contribution is -2.52. The molecule has 0 heterocycles. The summed E-state index contributed by atoms with van der Waals surface area (Å²) in [4.78, 5) is 28.6. The van der Waals surface area contributed by atoms with Crippen LogP contribution in [0, 0.1) is 0 Å². The van der Waals surface area contributed by atoms with Crippen molar-refractivity contribution >= 4 is 27.5 Å². The van der Waals surface area contributed by atoms with Crippen molar-refractivity contribution in [2.75, 3.05) is 24.2 Å². The molecule has 10 heteroatoms. The van der Waals surface area contributed by atoms with Crippen molar-refractivity contribution in [1.29, 1.82) is 0 Å². The molecule has 1 atom stereocenters. The number of hydrogen-bond acceptors (Lipinski definition) is 6. The third kappa shape index (κ3) is 8.48. The van der Waals surface area contributed by atoms with Crippen LogP contribution in [0.3, 0.4) is 0 Å². The standard InChI is InChI=1S/C32H39N3O6S/c1-24(32(37)33-26-12-6-4-7-13-26)34(22-25-11-10-16-30(21-25)40-2)31(36)23-35(42(3,38)39)27-17-19-29(20-18-27)41-28-14-8-5-9-15-28/h5,8-11,14-21,24,26H,4,6-7,12-13,22-23H2,1-3H3,(H,33,37)/t24-/m1/s1. The van der Waals surface area contributed by atoms with Crippen molar-refractivity contribution < 1.29 is 27.5 Å². The first-order chi connectivity index (χ1) is 20.1. The molecule has 224 valence electrons. The van der Waals surface area contributed by atoms with Crippen LogP contribution in [0.1, 0.15) is 44.6 Å². The first kappa shape index (κ1) is 30.9. The summed E-state index contributed by atoms with van der Waals surface area (Å²) in [6.45, 7) is 1.32. The first-order valence-corrected chi connectivity index (χ1v) is 16.0. The summed E-state index contributed by atoms with van der Waals surface area (Å²) in [5.41, 5.74) is 1.07. The molecule has 0 saturated heterocycles. The van der Waals surface area contributed by atoms with Crippen LogP contribution in [-0.2, 0) is 26.2 Å². The molecule has 1 N–H and O–H groups in total. The predicted molar refractivity (Wildman–Crippen MR) is 163 cm³/mol. The maximum absolute atomic E-state index is 13.9. The number of carbonyl (C=O) groups is 2. The van der Waals surface area contributed by atoms with E-state index in [4.69, 9.17) is 9.47 Å². The highest BCUT2D eigenvalue weighted by Gasteiger charge is 2.31. The van der Waals surface area contributed by atoms with Crippen molar-refractivity contribution in [3.05, 3.63) is 84.4 Å². The number of para-hydroxylation sites is 1. The van der Waals surface area contributed by atoms with Gasteiger partial charge in [-0.15, -0.1) is 0 Å². The van der Waals surface area contributed by atoms with E-state index in [1.165, 1.54) is 4.90 Å². The second kappa shape index (κ2) is 14.2. The molecule has 3 aromatic rings. The largest absolute Gasteiger partial charge is 0.497 e. The summed E-state index contributed by atoms with van der Waals surface area (Å²) in [5.74, 6) is 1.03. The Bertz CT molecular complexity index is 1440. The number of carbonyl (C=O) groups excluding carboxylic acids is 2. The first-order valence-electron chi connectivity index (χ1n) is 14.2. The molecule has 1 saturated carbocycles. The fourth-order valence-electron chi connectivity index (χ4n) is 5.04. The Morgan fingerprint density at radius 2 is 1.55 bits per heavy atom. The molecule has 9 nitrogen and oxygen atoms in total. The molecule has 0 bridgehead atoms. The van der Waals surface area contributed by atoms with Gasteiger partial charge in [-0.2, -0.15) is 0 Å². The quantitative estimate of drug-likeness (QED) is 0.313. The Morgan fingerprint density at radius 1 is 0.905 bits per heavy atom. The Morgan fingerprint density at radius 3 is 2.19 bits per heavy atom. The van der Waals surface area contributed by atoms with Crippen LogP contribution in [0.2, 0.25) is 0 Å². The lowest BCUT2D eigenvalue weighted by molar-refractivity contribution is -0.139. The molecule has 2 amide bonds. The number of hydrogen-bond donors (Lipinski definition) is 1. The van der Waals surface area contributed by atoms with E-state index in [-0.39, 0.29) is 18.5 Å². The normalized spacial score (nSPS) is 14.5. The van der Waals surface area contributed by atoms with E-state index in [1.807, 2.05) is 42.5 Å². The van der Waals surface area contributed by atoms with Gasteiger partial charge in [0.2, 0.25) is 21.8 Å². The van der Waals surface area contributed by atoms with Gasteiger partial charge in [-0.25, -0.2) is 8.42 Å². The minimum atomic E-state index is -3.85. The number of methoxy groups -OCH3 is 1. The third-order valence-electron chi connectivity index (χ3n) is 7.39. The van der Waals surface area contributed by atoms with Crippen LogP contribution in [-0.4, -0.2) is 57.1 Å². The molecule has 1 aliphatic rings. The summed E-state index contributed by atoms with van der Waals surface area (Å²) in [5, 5.41) is 3.10. The zero-order valence-corrected chi connectivity index (χ0v) is 25.2. The van der Waals surface area contributed by atoms with Gasteiger partial charge in [0.05, 0.1) is 19.1 Å². The molecular formula is C32H39N3O6S. The summed E-state index contributed by atoms with van der Waals surface area (Å²) >= 11 is 0. The van der Waals surface area contributed by atoms with Gasteiger partial charge in [0.1, 0.15) is 29.8 Å². The van der Waals surface area contributed by atoms with Gasteiger partial charge in [-0.05, 0) is 73.9 Å². The van der Waals surface area contributed by atoms with Gasteiger partial charge in [0, 0.05) is 12.6 Å². The van der Waals surface area contributed by atoms with Crippen molar-refractivity contribution in [2.24, 2.45) is 0 Å². The van der Waals surface area contributed by atoms with Crippen molar-refractivity contribution in [1.82, 2.24) is 10.2 Å². The molecule has 0 unspecified atom stereocenters. The highest BCUT2D eigenvalue weighted by Crippen LogP contribution is 2.26. The van der Waals surface area contributed by atoms with E-state index in [1.54, 1.807) is 50.4 Å². The van der Waals surface area contributed by atoms with Gasteiger partial charge in [-0.3, -0.25) is 13.9 Å². The van der Waals surface area contributed by atoms with Crippen molar-refractivity contribution in [2.45, 2.75) is 57.7 Å². The number of ether oxygens (including phenoxy) is 2. The molecule has 42 heavy (non-hydrogen) atoms. The van der Waals surface area contributed by atoms with Crippen molar-refractivity contribution in [3.8, 4) is 17.2 Å². The maximum atomic E-state index is 13.9. The third-order valence-corrected chi connectivity index (χ3v) is 8.53. The van der Waals surface area contributed by atoms with E-state index in [0.717, 1.165) is 48.2 Å². The van der Waals surface area contributed by atoms with Gasteiger partial charge >= 0.3 is 0 Å². The fourth-order valence-corrected chi connectivity index (χ4v) is 5.89. The zero-order chi connectivity index (χ0) is 30.1. The molecule has 0 aromatic heterocycles. The Kier molecular flexibility index (Phi) is 10.5. The Labute approximate surface area is 248 Å². The molecule has 4 rings (SSSR count). The summed E-state index contributed by atoms with van der Waals surface area (Å²) < 4.78 is 38.0. The smallest absolute Gasteiger partial charge is 0.244 e. The average molecular weight is 594 g/mol. The number of benzene rings is 3. The summed E-state index contributed by atoms with van der Waals surface area (Å²) in [6.07, 6.45) is 6.15. The number of sulfonamides is 1. The topological polar surface area (TPSA) is 105 Å². The number of anilines is 1. The molecule has 3 aromatic carbocycles. The Hall–Kier alpha value is -4.05. The van der Waals surface area contributed by atoms with Gasteiger partial charge < -0.3 is 19.7 Å². The monoisotopic (exact) mass is 593 g/mol. The average Bonchev–Trinajstić information content (AvgIpc) is 2.99. The van der Waals surface area contributed by atoms with Crippen LogP contribution < -0.4 is 19.1 Å². The number of nitrogens with one attached hydrogen (secondary N) is 1. The van der Waals surface area contributed by atoms with E-state index < -0.39 is 28.5 Å². The minimum Gasteiger partial charge on any atom is -0.497 e. The molecule has 0 radical (unpaired) electrons. The number of amides is 2. The van der Waals surface area contributed by atoms with Crippen LogP contribution >= 0.6 is 0 Å². The van der Waals surface area contributed by atoms with Crippen LogP contribution in [0.5, 0.6) is 17.2 Å². The maximum Gasteiger partial charge on any atom is 0.244 e. The van der Waals surface area contributed by atoms with Crippen LogP contribution in [0.25, 0.3) is 0 Å². The van der Waals surface area contributed by atoms with E-state index >= 15 is 0 Å². The fraction of sp³-hybridized carbons (Fsp3) is 0.375. The van der Waals surface area contributed by atoms with Crippen LogP contribution in [0.4, 0.5) is 5.69 Å². The number of nitrogens with zero attached hydrogens (tertiary/aromatic N) is 2. The highest BCUT2D eigenvalue weighted by molar-refractivity contribution is 7.92. The van der Waals surface area contributed by atoms with Crippen molar-refractivity contribution in [3.63, 3.8) is 0 Å². The molecule has 0 spiro atoms. The van der Waals surface area contributed by atoms with Gasteiger partial charge in [0.15, 0.2) is 0 Å². The van der Waals surface area contributed by atoms with Crippen LogP contribution in [0.15, 0.2) is 78.9 Å². The minimum absolute atomic E-state index is 0.0756. The van der Waals surface area contributed by atoms with E-state index in [2.05, 4.69) is 5.32 Å². The highest BCUT2D eigenvalue weighted by atomic mass is 32.2. The SMILES string of the molecule is COc1cccc(CN(C(=O)CN(c2ccc(Oc3ccccc3)cc2)S(C)(=O)=O)[C@H](C)C(=O)NC2CCCCC2)c1. The molecular weight excluding hydrogens is 554 g/mol. The molecule has 0 aliphatic heterocycles. The zero-order valence-electron chi connectivity index (χ0n) is 24.4. The predicted octanol–water partition coefficient (Wildman–Crippen LogP) is 5.12. The molecule has 1 fully saturated rings. The summed E-state index contributed by atoms with van der Waals surface area (Å²) in [7, 11) is -2.29. The summed E-state index contributed by atoms with van der Waals surface area (Å²) in [6, 6.07) is 22.2. The van der Waals surface area contributed by atoms with Gasteiger partial charge in [-0.1, -0.05) is 49.6 Å². The second-order valence-electron chi connectivity index (χ2n) is 10.6. The lowest BCUT2D eigenvalue weighted by atomic mass is 9.95. The molecule has 1 aliphatic carbocycles. The Balaban J connectivity index is 1.56. The lowest BCUT2D eigenvalue weighted by Gasteiger charge is -2.33. The number of rotatable bonds is 12. The van der Waals surface area contributed by atoms with Gasteiger partial charge in [0.25, 0.3) is 0 Å². The van der Waals surface area contributed by atoms with E-state index in [9.17, 15) is 18.0 Å². The van der Waals surface area contributed by atoms with E-state index in [0.29, 0.717) is 22.9 Å².